The smallest absolute Gasteiger partial charge is 0.232 e. The zero-order valence-electron chi connectivity index (χ0n) is 13.9. The predicted octanol–water partition coefficient (Wildman–Crippen LogP) is 6.60. The normalized spacial score (nSPS) is 11.9. The summed E-state index contributed by atoms with van der Waals surface area (Å²) in [6, 6.07) is 21.9. The highest BCUT2D eigenvalue weighted by molar-refractivity contribution is 6.29. The van der Waals surface area contributed by atoms with Gasteiger partial charge in [-0.25, -0.2) is 4.98 Å². The second-order valence-corrected chi connectivity index (χ2v) is 6.77. The van der Waals surface area contributed by atoms with Gasteiger partial charge in [-0.15, -0.1) is 0 Å². The quantitative estimate of drug-likeness (QED) is 0.306. The first-order valence-corrected chi connectivity index (χ1v) is 8.92. The van der Waals surface area contributed by atoms with Crippen LogP contribution in [0.3, 0.4) is 0 Å². The van der Waals surface area contributed by atoms with E-state index in [9.17, 15) is 0 Å². The third kappa shape index (κ3) is 2.11. The molecule has 3 aromatic heterocycles. The van der Waals surface area contributed by atoms with Gasteiger partial charge < -0.3 is 8.83 Å². The molecule has 0 atom stereocenters. The van der Waals surface area contributed by atoms with E-state index in [1.54, 1.807) is 0 Å². The number of fused-ring (bicyclic) bond motifs is 6. The number of hydrogen-bond acceptors (Lipinski definition) is 4. The average molecular weight is 371 g/mol. The Morgan fingerprint density at radius 1 is 0.667 bits per heavy atom. The number of furan rings is 2. The topological polar surface area (TPSA) is 52.1 Å². The van der Waals surface area contributed by atoms with Crippen molar-refractivity contribution in [2.45, 2.75) is 0 Å². The van der Waals surface area contributed by atoms with Gasteiger partial charge in [0.05, 0.1) is 11.1 Å². The summed E-state index contributed by atoms with van der Waals surface area (Å²) in [6.07, 6.45) is 0. The van der Waals surface area contributed by atoms with Crippen LogP contribution in [0.4, 0.5) is 0 Å². The standard InChI is InChI=1S/C22H11ClN2O2/c23-22-24-20(19-15-6-2-4-8-17(15)27-21(19)25-22)12-9-10-14-13-5-1-3-7-16(13)26-18(14)11-12/h1-11H. The Morgan fingerprint density at radius 3 is 2.22 bits per heavy atom. The second-order valence-electron chi connectivity index (χ2n) is 6.43. The molecule has 0 bridgehead atoms. The molecule has 3 aromatic carbocycles. The van der Waals surface area contributed by atoms with E-state index in [0.717, 1.165) is 49.6 Å². The molecule has 0 saturated carbocycles. The number of nitrogens with zero attached hydrogens (tertiary/aromatic N) is 2. The molecule has 0 unspecified atom stereocenters. The molecule has 0 N–H and O–H groups in total. The summed E-state index contributed by atoms with van der Waals surface area (Å²) in [5.74, 6) is 0. The highest BCUT2D eigenvalue weighted by Gasteiger charge is 2.17. The first-order chi connectivity index (χ1) is 13.3. The van der Waals surface area contributed by atoms with Crippen LogP contribution in [-0.2, 0) is 0 Å². The lowest BCUT2D eigenvalue weighted by molar-refractivity contribution is 0.653. The van der Waals surface area contributed by atoms with Gasteiger partial charge in [0.25, 0.3) is 0 Å². The van der Waals surface area contributed by atoms with Crippen LogP contribution in [0.15, 0.2) is 75.6 Å². The van der Waals surface area contributed by atoms with E-state index < -0.39 is 0 Å². The lowest BCUT2D eigenvalue weighted by atomic mass is 10.0. The predicted molar refractivity (Wildman–Crippen MR) is 107 cm³/mol. The SMILES string of the molecule is Clc1nc(-c2ccc3c(c2)oc2ccccc23)c2c(n1)oc1ccccc12. The Hall–Kier alpha value is -3.37. The Kier molecular flexibility index (Phi) is 2.91. The number of benzene rings is 3. The van der Waals surface area contributed by atoms with Gasteiger partial charge in [-0.1, -0.05) is 42.5 Å². The van der Waals surface area contributed by atoms with Crippen molar-refractivity contribution >= 4 is 55.6 Å². The Labute approximate surface area is 158 Å². The van der Waals surface area contributed by atoms with Crippen LogP contribution in [0.2, 0.25) is 5.28 Å². The molecule has 3 heterocycles. The first-order valence-electron chi connectivity index (χ1n) is 8.54. The van der Waals surface area contributed by atoms with E-state index in [2.05, 4.69) is 22.1 Å². The summed E-state index contributed by atoms with van der Waals surface area (Å²) in [4.78, 5) is 8.77. The number of rotatable bonds is 1. The highest BCUT2D eigenvalue weighted by atomic mass is 35.5. The van der Waals surface area contributed by atoms with Gasteiger partial charge in [-0.05, 0) is 35.9 Å². The highest BCUT2D eigenvalue weighted by Crippen LogP contribution is 2.37. The van der Waals surface area contributed by atoms with Crippen molar-refractivity contribution in [1.29, 1.82) is 0 Å². The molecule has 5 heteroatoms. The minimum Gasteiger partial charge on any atom is -0.456 e. The molecule has 0 fully saturated rings. The fraction of sp³-hybridized carbons (Fsp3) is 0. The number of hydrogen-bond donors (Lipinski definition) is 0. The summed E-state index contributed by atoms with van der Waals surface area (Å²) in [6.45, 7) is 0. The van der Waals surface area contributed by atoms with Gasteiger partial charge in [0.1, 0.15) is 16.7 Å². The third-order valence-corrected chi connectivity index (χ3v) is 5.03. The molecule has 0 spiro atoms. The van der Waals surface area contributed by atoms with Gasteiger partial charge in [-0.2, -0.15) is 4.98 Å². The Balaban J connectivity index is 1.70. The van der Waals surface area contributed by atoms with Gasteiger partial charge in [0.15, 0.2) is 0 Å². The molecule has 6 aromatic rings. The lowest BCUT2D eigenvalue weighted by Crippen LogP contribution is -1.89. The monoisotopic (exact) mass is 370 g/mol. The minimum atomic E-state index is 0.154. The molecule has 6 rings (SSSR count). The van der Waals surface area contributed by atoms with Crippen molar-refractivity contribution in [1.82, 2.24) is 9.97 Å². The van der Waals surface area contributed by atoms with E-state index in [1.807, 2.05) is 54.6 Å². The average Bonchev–Trinajstić information content (AvgIpc) is 3.24. The van der Waals surface area contributed by atoms with Crippen molar-refractivity contribution in [2.75, 3.05) is 0 Å². The van der Waals surface area contributed by atoms with E-state index in [4.69, 9.17) is 20.4 Å². The van der Waals surface area contributed by atoms with Crippen LogP contribution in [-0.4, -0.2) is 9.97 Å². The molecule has 0 aliphatic heterocycles. The van der Waals surface area contributed by atoms with Crippen LogP contribution in [0.5, 0.6) is 0 Å². The molecular weight excluding hydrogens is 360 g/mol. The second kappa shape index (κ2) is 5.32. The van der Waals surface area contributed by atoms with Crippen LogP contribution in [0.25, 0.3) is 55.3 Å². The number of para-hydroxylation sites is 2. The van der Waals surface area contributed by atoms with Crippen molar-refractivity contribution in [2.24, 2.45) is 0 Å². The molecule has 0 amide bonds. The van der Waals surface area contributed by atoms with Gasteiger partial charge >= 0.3 is 0 Å². The van der Waals surface area contributed by atoms with E-state index in [1.165, 1.54) is 0 Å². The van der Waals surface area contributed by atoms with Crippen molar-refractivity contribution in [3.05, 3.63) is 72.0 Å². The fourth-order valence-electron chi connectivity index (χ4n) is 3.68. The molecular formula is C22H11ClN2O2. The molecule has 0 aliphatic rings. The van der Waals surface area contributed by atoms with Crippen molar-refractivity contribution < 1.29 is 8.83 Å². The van der Waals surface area contributed by atoms with E-state index in [-0.39, 0.29) is 5.28 Å². The summed E-state index contributed by atoms with van der Waals surface area (Å²) in [7, 11) is 0. The largest absolute Gasteiger partial charge is 0.456 e. The Bertz CT molecular complexity index is 1500. The summed E-state index contributed by atoms with van der Waals surface area (Å²) in [5.41, 5.74) is 4.56. The number of halogens is 1. The molecule has 4 nitrogen and oxygen atoms in total. The van der Waals surface area contributed by atoms with Gasteiger partial charge in [0.2, 0.25) is 11.0 Å². The fourth-order valence-corrected chi connectivity index (χ4v) is 3.84. The van der Waals surface area contributed by atoms with Gasteiger partial charge in [-0.3, -0.25) is 0 Å². The van der Waals surface area contributed by atoms with Crippen molar-refractivity contribution in [3.8, 4) is 11.3 Å². The Morgan fingerprint density at radius 2 is 1.37 bits per heavy atom. The summed E-state index contributed by atoms with van der Waals surface area (Å²) in [5, 5.41) is 4.14. The molecule has 0 radical (unpaired) electrons. The molecule has 0 saturated heterocycles. The van der Waals surface area contributed by atoms with Crippen LogP contribution in [0, 0.1) is 0 Å². The lowest BCUT2D eigenvalue weighted by Gasteiger charge is -2.03. The summed E-state index contributed by atoms with van der Waals surface area (Å²) < 4.78 is 11.9. The summed E-state index contributed by atoms with van der Waals surface area (Å²) >= 11 is 6.18. The zero-order chi connectivity index (χ0) is 18.0. The molecule has 27 heavy (non-hydrogen) atoms. The molecule has 128 valence electrons. The van der Waals surface area contributed by atoms with Crippen LogP contribution < -0.4 is 0 Å². The zero-order valence-corrected chi connectivity index (χ0v) is 14.7. The maximum Gasteiger partial charge on any atom is 0.232 e. The number of aromatic nitrogens is 2. The minimum absolute atomic E-state index is 0.154. The molecule has 0 aliphatic carbocycles. The maximum absolute atomic E-state index is 6.18. The third-order valence-electron chi connectivity index (χ3n) is 4.86. The van der Waals surface area contributed by atoms with Gasteiger partial charge in [0, 0.05) is 21.7 Å². The van der Waals surface area contributed by atoms with Crippen LogP contribution in [0.1, 0.15) is 0 Å². The van der Waals surface area contributed by atoms with Crippen molar-refractivity contribution in [3.63, 3.8) is 0 Å². The van der Waals surface area contributed by atoms with E-state index >= 15 is 0 Å². The van der Waals surface area contributed by atoms with E-state index in [0.29, 0.717) is 5.71 Å². The first kappa shape index (κ1) is 14.8. The maximum atomic E-state index is 6.18. The van der Waals surface area contributed by atoms with Crippen LogP contribution >= 0.6 is 11.6 Å².